The van der Waals surface area contributed by atoms with E-state index in [1.165, 1.54) is 37.4 Å². The average Bonchev–Trinajstić information content (AvgIpc) is 3.68. The predicted molar refractivity (Wildman–Crippen MR) is 136 cm³/mol. The number of pyridine rings is 1. The van der Waals surface area contributed by atoms with E-state index < -0.39 is 40.9 Å². The van der Waals surface area contributed by atoms with Gasteiger partial charge in [-0.2, -0.15) is 13.2 Å². The van der Waals surface area contributed by atoms with E-state index in [-0.39, 0.29) is 46.6 Å². The number of alkyl halides is 3. The minimum Gasteiger partial charge on any atom is -0.493 e. The van der Waals surface area contributed by atoms with Gasteiger partial charge in [-0.3, -0.25) is 4.79 Å². The van der Waals surface area contributed by atoms with E-state index in [4.69, 9.17) is 19.9 Å². The minimum atomic E-state index is -5.27. The van der Waals surface area contributed by atoms with E-state index in [1.54, 1.807) is 0 Å². The maximum absolute atomic E-state index is 14.5. The first kappa shape index (κ1) is 27.9. The molecule has 1 aliphatic heterocycles. The van der Waals surface area contributed by atoms with Crippen LogP contribution >= 0.6 is 0 Å². The molecule has 8 nitrogen and oxygen atoms in total. The van der Waals surface area contributed by atoms with Crippen LogP contribution in [-0.4, -0.2) is 58.8 Å². The Morgan fingerprint density at radius 3 is 2.52 bits per heavy atom. The summed E-state index contributed by atoms with van der Waals surface area (Å²) in [6, 6.07) is 10.0. The molecule has 1 aromatic heterocycles. The SMILES string of the molecule is COc1cc(C(=O)NCC(O)(c2cc3c(c(-c4ccc(F)cc4)n2)OC[C@@]3(N)[Si])C(F)(F)F)ccc1OC1CC1. The van der Waals surface area contributed by atoms with E-state index >= 15 is 0 Å². The van der Waals surface area contributed by atoms with Crippen LogP contribution in [0.2, 0.25) is 0 Å². The fourth-order valence-corrected chi connectivity index (χ4v) is 4.47. The molecule has 209 valence electrons. The lowest BCUT2D eigenvalue weighted by Gasteiger charge is -2.31. The number of nitrogens with two attached hydrogens (primary N) is 1. The third kappa shape index (κ3) is 5.23. The lowest BCUT2D eigenvalue weighted by atomic mass is 9.93. The summed E-state index contributed by atoms with van der Waals surface area (Å²) in [6.45, 7) is -1.41. The first-order valence-corrected chi connectivity index (χ1v) is 12.7. The first-order chi connectivity index (χ1) is 18.8. The monoisotopic (exact) mass is 574 g/mol. The predicted octanol–water partition coefficient (Wildman–Crippen LogP) is 3.29. The highest BCUT2D eigenvalue weighted by atomic mass is 28.1. The maximum Gasteiger partial charge on any atom is 0.424 e. The summed E-state index contributed by atoms with van der Waals surface area (Å²) in [5.74, 6) is -0.723. The van der Waals surface area contributed by atoms with Gasteiger partial charge >= 0.3 is 6.18 Å². The van der Waals surface area contributed by atoms with Crippen LogP contribution in [0.3, 0.4) is 0 Å². The summed E-state index contributed by atoms with van der Waals surface area (Å²) >= 11 is 0. The molecule has 2 atom stereocenters. The molecule has 1 aliphatic carbocycles. The highest BCUT2D eigenvalue weighted by Crippen LogP contribution is 2.45. The van der Waals surface area contributed by atoms with Crippen molar-refractivity contribution in [2.75, 3.05) is 20.3 Å². The van der Waals surface area contributed by atoms with Crippen molar-refractivity contribution in [1.82, 2.24) is 10.3 Å². The summed E-state index contributed by atoms with van der Waals surface area (Å²) in [5.41, 5.74) is 1.98. The van der Waals surface area contributed by atoms with Crippen molar-refractivity contribution in [3.05, 3.63) is 71.2 Å². The van der Waals surface area contributed by atoms with Crippen molar-refractivity contribution in [3.63, 3.8) is 0 Å². The molecule has 1 fully saturated rings. The van der Waals surface area contributed by atoms with E-state index in [0.29, 0.717) is 5.75 Å². The lowest BCUT2D eigenvalue weighted by molar-refractivity contribution is -0.265. The third-order valence-corrected chi connectivity index (χ3v) is 7.07. The number of nitrogens with one attached hydrogen (secondary N) is 1. The molecule has 3 aromatic rings. The molecule has 0 spiro atoms. The Morgan fingerprint density at radius 1 is 1.20 bits per heavy atom. The minimum absolute atomic E-state index is 0.00651. The number of benzene rings is 2. The number of aliphatic hydroxyl groups is 1. The van der Waals surface area contributed by atoms with Gasteiger partial charge in [0.2, 0.25) is 5.60 Å². The van der Waals surface area contributed by atoms with Gasteiger partial charge < -0.3 is 30.4 Å². The van der Waals surface area contributed by atoms with Gasteiger partial charge in [0.25, 0.3) is 5.91 Å². The number of methoxy groups -OCH3 is 1. The number of hydrogen-bond acceptors (Lipinski definition) is 7. The number of carbonyl (C=O) groups excluding carboxylic acids is 1. The molecule has 40 heavy (non-hydrogen) atoms. The number of aromatic nitrogens is 1. The van der Waals surface area contributed by atoms with Crippen molar-refractivity contribution in [3.8, 4) is 28.5 Å². The Labute approximate surface area is 229 Å². The summed E-state index contributed by atoms with van der Waals surface area (Å²) in [6.07, 6.45) is -3.42. The van der Waals surface area contributed by atoms with Crippen LogP contribution in [0.4, 0.5) is 17.6 Å². The number of ether oxygens (including phenoxy) is 3. The summed E-state index contributed by atoms with van der Waals surface area (Å²) in [4.78, 5) is 17.0. The maximum atomic E-state index is 14.5. The molecule has 2 aromatic carbocycles. The van der Waals surface area contributed by atoms with Crippen LogP contribution in [0.1, 0.15) is 34.5 Å². The van der Waals surface area contributed by atoms with E-state index in [0.717, 1.165) is 31.0 Å². The van der Waals surface area contributed by atoms with E-state index in [9.17, 15) is 27.5 Å². The van der Waals surface area contributed by atoms with Crippen molar-refractivity contribution in [2.24, 2.45) is 5.73 Å². The number of carbonyl (C=O) groups is 1. The number of halogens is 4. The van der Waals surface area contributed by atoms with E-state index in [2.05, 4.69) is 20.5 Å². The molecule has 0 saturated heterocycles. The summed E-state index contributed by atoms with van der Waals surface area (Å²) in [5, 5.41) is 11.8. The number of hydrogen-bond donors (Lipinski definition) is 3. The summed E-state index contributed by atoms with van der Waals surface area (Å²) in [7, 11) is 4.69. The van der Waals surface area contributed by atoms with Gasteiger partial charge in [0, 0.05) is 16.7 Å². The van der Waals surface area contributed by atoms with Gasteiger partial charge in [-0.25, -0.2) is 9.37 Å². The second kappa shape index (κ2) is 10.1. The fraction of sp³-hybridized carbons (Fsp3) is 0.333. The molecule has 0 bridgehead atoms. The molecule has 3 radical (unpaired) electrons. The molecule has 1 saturated carbocycles. The van der Waals surface area contributed by atoms with Gasteiger partial charge in [0.05, 0.1) is 40.9 Å². The highest BCUT2D eigenvalue weighted by molar-refractivity contribution is 6.16. The van der Waals surface area contributed by atoms with Gasteiger partial charge in [-0.1, -0.05) is 0 Å². The molecule has 1 unspecified atom stereocenters. The zero-order valence-electron chi connectivity index (χ0n) is 21.1. The normalized spacial score (nSPS) is 19.8. The molecule has 1 amide bonds. The van der Waals surface area contributed by atoms with Crippen molar-refractivity contribution in [2.45, 2.75) is 35.9 Å². The molecule has 4 N–H and O–H groups in total. The molecule has 5 rings (SSSR count). The average molecular weight is 575 g/mol. The van der Waals surface area contributed by atoms with Gasteiger partial charge in [0.15, 0.2) is 17.2 Å². The Morgan fingerprint density at radius 2 is 1.90 bits per heavy atom. The van der Waals surface area contributed by atoms with Crippen LogP contribution in [0.25, 0.3) is 11.3 Å². The largest absolute Gasteiger partial charge is 0.493 e. The quantitative estimate of drug-likeness (QED) is 0.279. The van der Waals surface area contributed by atoms with Crippen LogP contribution in [0, 0.1) is 5.82 Å². The Kier molecular flexibility index (Phi) is 7.00. The highest BCUT2D eigenvalue weighted by Gasteiger charge is 2.57. The molecule has 13 heteroatoms. The van der Waals surface area contributed by atoms with Gasteiger partial charge in [0.1, 0.15) is 18.1 Å². The van der Waals surface area contributed by atoms with E-state index in [1.807, 2.05) is 0 Å². The molecular formula is C27H24F4N3O5Si. The Hall–Kier alpha value is -3.68. The van der Waals surface area contributed by atoms with Gasteiger partial charge in [-0.15, -0.1) is 0 Å². The Balaban J connectivity index is 1.49. The number of fused-ring (bicyclic) bond motifs is 1. The number of nitrogens with zero attached hydrogens (tertiary/aromatic N) is 1. The Bertz CT molecular complexity index is 1450. The molecular weight excluding hydrogens is 550 g/mol. The van der Waals surface area contributed by atoms with Crippen molar-refractivity contribution in [1.29, 1.82) is 0 Å². The molecule has 2 heterocycles. The number of amides is 1. The smallest absolute Gasteiger partial charge is 0.424 e. The van der Waals surface area contributed by atoms with Gasteiger partial charge in [-0.05, 0) is 61.4 Å². The fourth-order valence-electron chi connectivity index (χ4n) is 4.21. The molecule has 2 aliphatic rings. The second-order valence-corrected chi connectivity index (χ2v) is 10.6. The third-order valence-electron chi connectivity index (χ3n) is 6.66. The zero-order valence-corrected chi connectivity index (χ0v) is 22.1. The van der Waals surface area contributed by atoms with Crippen LogP contribution in [0.15, 0.2) is 48.5 Å². The van der Waals surface area contributed by atoms with Crippen molar-refractivity contribution < 1.29 is 41.7 Å². The van der Waals surface area contributed by atoms with Crippen LogP contribution in [-0.2, 0) is 10.8 Å². The number of rotatable bonds is 8. The second-order valence-electron chi connectivity index (χ2n) is 9.72. The zero-order chi connectivity index (χ0) is 28.9. The lowest BCUT2D eigenvalue weighted by Crippen LogP contribution is -2.51. The first-order valence-electron chi connectivity index (χ1n) is 12.2. The van der Waals surface area contributed by atoms with Crippen LogP contribution in [0.5, 0.6) is 17.2 Å². The van der Waals surface area contributed by atoms with Crippen molar-refractivity contribution >= 4 is 16.1 Å². The standard InChI is InChI=1S/C27H24F4N3O5Si/c1-37-20-10-15(4-9-19(20)39-17-7-8-17)24(35)33-12-25(36,27(29,30)31)21-11-18-23(38-13-26(18,32)40)22(34-21)14-2-5-16(28)6-3-14/h2-6,9-11,17,36H,7-8,12-13,32H2,1H3,(H,33,35)/t25?,26-/m1/s1. The summed E-state index contributed by atoms with van der Waals surface area (Å²) < 4.78 is 73.5. The topological polar surface area (TPSA) is 116 Å². The van der Waals surface area contributed by atoms with Crippen LogP contribution < -0.4 is 25.3 Å².